The van der Waals surface area contributed by atoms with Crippen molar-refractivity contribution in [2.24, 2.45) is 0 Å². The van der Waals surface area contributed by atoms with E-state index in [-0.39, 0.29) is 0 Å². The molecule has 0 N–H and O–H groups in total. The molecule has 0 atom stereocenters. The molecule has 0 fully saturated rings. The Labute approximate surface area is 120 Å². The maximum atomic E-state index is 4.68. The van der Waals surface area contributed by atoms with Crippen molar-refractivity contribution in [1.82, 2.24) is 19.2 Å². The fraction of sp³-hybridized carbons (Fsp3) is 0.286. The number of fused-ring (bicyclic) bond motifs is 1. The second-order valence-electron chi connectivity index (χ2n) is 4.60. The van der Waals surface area contributed by atoms with Gasteiger partial charge in [-0.1, -0.05) is 0 Å². The molecule has 19 heavy (non-hydrogen) atoms. The van der Waals surface area contributed by atoms with Crippen LogP contribution < -0.4 is 0 Å². The maximum absolute atomic E-state index is 4.68. The van der Waals surface area contributed by atoms with Gasteiger partial charge in [-0.15, -0.1) is 0 Å². The quantitative estimate of drug-likeness (QED) is 0.723. The Morgan fingerprint density at radius 2 is 2.00 bits per heavy atom. The fourth-order valence-electron chi connectivity index (χ4n) is 2.46. The summed E-state index contributed by atoms with van der Waals surface area (Å²) in [6.07, 6.45) is 4.07. The minimum Gasteiger partial charge on any atom is -0.305 e. The molecule has 0 saturated carbocycles. The Bertz CT molecular complexity index is 754. The van der Waals surface area contributed by atoms with Crippen molar-refractivity contribution < 1.29 is 0 Å². The Morgan fingerprint density at radius 1 is 1.21 bits per heavy atom. The van der Waals surface area contributed by atoms with Crippen LogP contribution in [0, 0.1) is 13.8 Å². The highest BCUT2D eigenvalue weighted by Gasteiger charge is 2.15. The highest BCUT2D eigenvalue weighted by molar-refractivity contribution is 9.10. The van der Waals surface area contributed by atoms with E-state index in [1.807, 2.05) is 34.3 Å². The van der Waals surface area contributed by atoms with Crippen molar-refractivity contribution >= 4 is 21.6 Å². The number of hydrogen-bond acceptors (Lipinski definition) is 2. The minimum absolute atomic E-state index is 0.881. The molecule has 0 aliphatic carbocycles. The molecule has 0 unspecified atom stereocenters. The Kier molecular flexibility index (Phi) is 2.93. The Hall–Kier alpha value is -1.62. The molecule has 3 aromatic rings. The van der Waals surface area contributed by atoms with E-state index in [0.29, 0.717) is 0 Å². The maximum Gasteiger partial charge on any atom is 0.137 e. The molecular weight excluding hydrogens is 304 g/mol. The number of nitrogens with zero attached hydrogens (tertiary/aromatic N) is 4. The lowest BCUT2D eigenvalue weighted by Crippen LogP contribution is -1.98. The van der Waals surface area contributed by atoms with E-state index in [1.165, 1.54) is 5.69 Å². The summed E-state index contributed by atoms with van der Waals surface area (Å²) >= 11 is 3.48. The summed E-state index contributed by atoms with van der Waals surface area (Å²) in [4.78, 5) is 4.68. The molecule has 3 heterocycles. The number of imidazole rings is 1. The molecule has 98 valence electrons. The third kappa shape index (κ3) is 1.98. The summed E-state index contributed by atoms with van der Waals surface area (Å²) in [6, 6.07) is 4.00. The smallest absolute Gasteiger partial charge is 0.137 e. The predicted molar refractivity (Wildman–Crippen MR) is 79.3 cm³/mol. The Morgan fingerprint density at radius 3 is 2.68 bits per heavy atom. The van der Waals surface area contributed by atoms with Crippen LogP contribution in [0.5, 0.6) is 0 Å². The molecule has 0 spiro atoms. The predicted octanol–water partition coefficient (Wildman–Crippen LogP) is 3.60. The van der Waals surface area contributed by atoms with Gasteiger partial charge < -0.3 is 4.40 Å². The van der Waals surface area contributed by atoms with Crippen LogP contribution in [0.4, 0.5) is 0 Å². The van der Waals surface area contributed by atoms with E-state index < -0.39 is 0 Å². The van der Waals surface area contributed by atoms with Gasteiger partial charge in [-0.05, 0) is 48.8 Å². The van der Waals surface area contributed by atoms with E-state index in [4.69, 9.17) is 0 Å². The van der Waals surface area contributed by atoms with Crippen LogP contribution in [0.2, 0.25) is 0 Å². The van der Waals surface area contributed by atoms with E-state index in [1.54, 1.807) is 0 Å². The number of hydrogen-bond donors (Lipinski definition) is 0. The third-order valence-electron chi connectivity index (χ3n) is 3.35. The van der Waals surface area contributed by atoms with Crippen LogP contribution in [-0.2, 0) is 6.54 Å². The first-order valence-corrected chi connectivity index (χ1v) is 7.08. The van der Waals surface area contributed by atoms with Gasteiger partial charge in [0.2, 0.25) is 0 Å². The fourth-order valence-corrected chi connectivity index (χ4v) is 2.81. The normalized spacial score (nSPS) is 11.4. The number of aryl methyl sites for hydroxylation is 2. The highest BCUT2D eigenvalue weighted by atomic mass is 79.9. The second-order valence-corrected chi connectivity index (χ2v) is 5.52. The van der Waals surface area contributed by atoms with Crippen LogP contribution in [0.1, 0.15) is 18.3 Å². The molecule has 3 rings (SSSR count). The van der Waals surface area contributed by atoms with Crippen molar-refractivity contribution in [3.63, 3.8) is 0 Å². The largest absolute Gasteiger partial charge is 0.305 e. The van der Waals surface area contributed by atoms with Crippen molar-refractivity contribution in [1.29, 1.82) is 0 Å². The molecule has 0 radical (unpaired) electrons. The summed E-state index contributed by atoms with van der Waals surface area (Å²) < 4.78 is 5.09. The van der Waals surface area contributed by atoms with Gasteiger partial charge in [-0.2, -0.15) is 5.10 Å². The van der Waals surface area contributed by atoms with Gasteiger partial charge in [-0.25, -0.2) is 4.98 Å². The zero-order chi connectivity index (χ0) is 13.6. The van der Waals surface area contributed by atoms with Crippen LogP contribution in [-0.4, -0.2) is 19.2 Å². The van der Waals surface area contributed by atoms with Crippen molar-refractivity contribution in [2.45, 2.75) is 27.3 Å². The second kappa shape index (κ2) is 4.49. The lowest BCUT2D eigenvalue weighted by atomic mass is 10.1. The van der Waals surface area contributed by atoms with E-state index in [2.05, 4.69) is 46.1 Å². The van der Waals surface area contributed by atoms with Crippen LogP contribution in [0.3, 0.4) is 0 Å². The zero-order valence-electron chi connectivity index (χ0n) is 11.2. The first-order valence-electron chi connectivity index (χ1n) is 6.28. The highest BCUT2D eigenvalue weighted by Crippen LogP contribution is 2.27. The summed E-state index contributed by atoms with van der Waals surface area (Å²) in [5.41, 5.74) is 5.26. The summed E-state index contributed by atoms with van der Waals surface area (Å²) in [7, 11) is 0. The first kappa shape index (κ1) is 12.4. The standard InChI is InChI=1S/C14H15BrN4/c1-4-19-10(3)14(9(2)17-19)12-8-18-7-11(15)5-6-13(18)16-12/h5-8H,4H2,1-3H3. The molecule has 0 aliphatic heterocycles. The van der Waals surface area contributed by atoms with Gasteiger partial charge in [0.25, 0.3) is 0 Å². The molecule has 0 amide bonds. The number of rotatable bonds is 2. The monoisotopic (exact) mass is 318 g/mol. The molecule has 5 heteroatoms. The first-order chi connectivity index (χ1) is 9.10. The van der Waals surface area contributed by atoms with E-state index in [9.17, 15) is 0 Å². The minimum atomic E-state index is 0.881. The molecule has 0 aromatic carbocycles. The third-order valence-corrected chi connectivity index (χ3v) is 3.82. The summed E-state index contributed by atoms with van der Waals surface area (Å²) in [5, 5.41) is 4.55. The molecule has 0 bridgehead atoms. The van der Waals surface area contributed by atoms with Gasteiger partial charge in [-0.3, -0.25) is 4.68 Å². The van der Waals surface area contributed by atoms with Gasteiger partial charge in [0, 0.05) is 34.7 Å². The number of halogens is 1. The van der Waals surface area contributed by atoms with Crippen molar-refractivity contribution in [3.05, 3.63) is 40.4 Å². The molecular formula is C14H15BrN4. The number of aromatic nitrogens is 4. The lowest BCUT2D eigenvalue weighted by Gasteiger charge is -1.99. The van der Waals surface area contributed by atoms with Crippen LogP contribution in [0.15, 0.2) is 29.0 Å². The van der Waals surface area contributed by atoms with Crippen LogP contribution >= 0.6 is 15.9 Å². The molecule has 4 nitrogen and oxygen atoms in total. The zero-order valence-corrected chi connectivity index (χ0v) is 12.8. The van der Waals surface area contributed by atoms with Crippen LogP contribution in [0.25, 0.3) is 16.9 Å². The number of pyridine rings is 1. The summed E-state index contributed by atoms with van der Waals surface area (Å²) in [5.74, 6) is 0. The SMILES string of the molecule is CCn1nc(C)c(-c2cn3cc(Br)ccc3n2)c1C. The average molecular weight is 319 g/mol. The average Bonchev–Trinajstić information content (AvgIpc) is 2.89. The van der Waals surface area contributed by atoms with Crippen molar-refractivity contribution in [2.75, 3.05) is 0 Å². The molecule has 0 aliphatic rings. The van der Waals surface area contributed by atoms with Gasteiger partial charge in [0.15, 0.2) is 0 Å². The van der Waals surface area contributed by atoms with Crippen molar-refractivity contribution in [3.8, 4) is 11.3 Å². The van der Waals surface area contributed by atoms with Gasteiger partial charge in [0.05, 0.1) is 11.4 Å². The molecule has 0 saturated heterocycles. The summed E-state index contributed by atoms with van der Waals surface area (Å²) in [6.45, 7) is 7.11. The van der Waals surface area contributed by atoms with Gasteiger partial charge >= 0.3 is 0 Å². The topological polar surface area (TPSA) is 35.1 Å². The van der Waals surface area contributed by atoms with E-state index in [0.717, 1.165) is 33.6 Å². The van der Waals surface area contributed by atoms with E-state index >= 15 is 0 Å². The van der Waals surface area contributed by atoms with Gasteiger partial charge in [0.1, 0.15) is 5.65 Å². The Balaban J connectivity index is 2.21. The molecule has 3 aromatic heterocycles. The lowest BCUT2D eigenvalue weighted by molar-refractivity contribution is 0.634.